The molecule has 0 bridgehead atoms. The normalized spacial score (nSPS) is 14.9. The van der Waals surface area contributed by atoms with Crippen LogP contribution >= 0.6 is 11.6 Å². The molecule has 9 nitrogen and oxygen atoms in total. The molecule has 1 atom stereocenters. The minimum atomic E-state index is -0.748. The quantitative estimate of drug-likeness (QED) is 0.505. The van der Waals surface area contributed by atoms with Crippen molar-refractivity contribution in [2.75, 3.05) is 16.8 Å². The van der Waals surface area contributed by atoms with Gasteiger partial charge in [0.1, 0.15) is 17.3 Å². The number of anilines is 2. The Morgan fingerprint density at radius 2 is 2.03 bits per heavy atom. The van der Waals surface area contributed by atoms with Crippen molar-refractivity contribution < 1.29 is 9.84 Å². The van der Waals surface area contributed by atoms with Crippen LogP contribution in [0.2, 0.25) is 5.02 Å². The average molecular weight is 486 g/mol. The molecule has 0 saturated heterocycles. The molecule has 180 valence electrons. The fourth-order valence-corrected chi connectivity index (χ4v) is 4.03. The Kier molecular flexibility index (Phi) is 6.95. The average Bonchev–Trinajstić information content (AvgIpc) is 3.17. The lowest BCUT2D eigenvalue weighted by molar-refractivity contribution is 0.227. The number of benzene rings is 1. The van der Waals surface area contributed by atoms with Crippen LogP contribution in [-0.4, -0.2) is 32.2 Å². The predicted molar refractivity (Wildman–Crippen MR) is 132 cm³/mol. The highest BCUT2D eigenvalue weighted by atomic mass is 35.5. The van der Waals surface area contributed by atoms with Gasteiger partial charge in [0.15, 0.2) is 0 Å². The SMILES string of the molecule is CC(C)c1cccc(OC2Nc3c(c(=O)n(CCCO)c(=O)n3C)N2Cc2ccc(Cl)cn2)c1. The number of pyridine rings is 1. The summed E-state index contributed by atoms with van der Waals surface area (Å²) in [5.74, 6) is 1.33. The van der Waals surface area contributed by atoms with Crippen LogP contribution in [0.4, 0.5) is 11.5 Å². The molecule has 1 aromatic carbocycles. The van der Waals surface area contributed by atoms with E-state index in [9.17, 15) is 14.7 Å². The van der Waals surface area contributed by atoms with Crippen molar-refractivity contribution in [3.8, 4) is 5.75 Å². The number of aliphatic hydroxyl groups excluding tert-OH is 1. The first-order valence-corrected chi connectivity index (χ1v) is 11.5. The van der Waals surface area contributed by atoms with Gasteiger partial charge < -0.3 is 20.1 Å². The molecule has 0 amide bonds. The summed E-state index contributed by atoms with van der Waals surface area (Å²) in [5, 5.41) is 12.9. The van der Waals surface area contributed by atoms with Crippen molar-refractivity contribution in [3.63, 3.8) is 0 Å². The fraction of sp³-hybridized carbons (Fsp3) is 0.375. The van der Waals surface area contributed by atoms with E-state index >= 15 is 0 Å². The third kappa shape index (κ3) is 4.67. The number of hydrogen-bond donors (Lipinski definition) is 2. The summed E-state index contributed by atoms with van der Waals surface area (Å²) in [7, 11) is 1.60. The molecule has 0 fully saturated rings. The number of fused-ring (bicyclic) bond motifs is 1. The summed E-state index contributed by atoms with van der Waals surface area (Å²) in [6, 6.07) is 11.3. The first-order chi connectivity index (χ1) is 16.3. The van der Waals surface area contributed by atoms with Gasteiger partial charge in [-0.1, -0.05) is 37.6 Å². The van der Waals surface area contributed by atoms with Crippen molar-refractivity contribution in [2.45, 2.75) is 45.6 Å². The lowest BCUT2D eigenvalue weighted by Gasteiger charge is -2.26. The van der Waals surface area contributed by atoms with Crippen LogP contribution in [0.15, 0.2) is 52.2 Å². The summed E-state index contributed by atoms with van der Waals surface area (Å²) >= 11 is 5.99. The summed E-state index contributed by atoms with van der Waals surface area (Å²) in [4.78, 5) is 32.4. The van der Waals surface area contributed by atoms with E-state index in [0.29, 0.717) is 40.3 Å². The maximum atomic E-state index is 13.4. The third-order valence-corrected chi connectivity index (χ3v) is 6.01. The second-order valence-electron chi connectivity index (χ2n) is 8.51. The molecule has 3 heterocycles. The predicted octanol–water partition coefficient (Wildman–Crippen LogP) is 2.90. The van der Waals surface area contributed by atoms with Crippen LogP contribution < -0.4 is 26.2 Å². The molecule has 0 spiro atoms. The zero-order valence-electron chi connectivity index (χ0n) is 19.4. The Labute approximate surface area is 202 Å². The van der Waals surface area contributed by atoms with Gasteiger partial charge in [0.25, 0.3) is 11.9 Å². The van der Waals surface area contributed by atoms with Crippen LogP contribution in [0.3, 0.4) is 0 Å². The highest BCUT2D eigenvalue weighted by molar-refractivity contribution is 6.30. The van der Waals surface area contributed by atoms with E-state index in [-0.39, 0.29) is 19.7 Å². The van der Waals surface area contributed by atoms with Gasteiger partial charge in [0.2, 0.25) is 0 Å². The summed E-state index contributed by atoms with van der Waals surface area (Å²) in [6.45, 7) is 4.45. The summed E-state index contributed by atoms with van der Waals surface area (Å²) < 4.78 is 8.82. The monoisotopic (exact) mass is 485 g/mol. The molecule has 2 aromatic heterocycles. The molecule has 10 heteroatoms. The Bertz CT molecular complexity index is 1290. The molecule has 34 heavy (non-hydrogen) atoms. The molecule has 0 aliphatic carbocycles. The maximum Gasteiger partial charge on any atom is 0.332 e. The van der Waals surface area contributed by atoms with Crippen LogP contribution in [0.5, 0.6) is 5.75 Å². The molecular formula is C24H28ClN5O4. The zero-order valence-corrected chi connectivity index (χ0v) is 20.1. The highest BCUT2D eigenvalue weighted by Gasteiger charge is 2.36. The number of hydrogen-bond acceptors (Lipinski definition) is 7. The summed E-state index contributed by atoms with van der Waals surface area (Å²) in [5.41, 5.74) is 1.20. The zero-order chi connectivity index (χ0) is 24.4. The van der Waals surface area contributed by atoms with E-state index in [4.69, 9.17) is 16.3 Å². The third-order valence-electron chi connectivity index (χ3n) is 5.79. The molecule has 1 aliphatic rings. The number of aliphatic hydroxyl groups is 1. The number of halogens is 1. The number of ether oxygens (including phenoxy) is 1. The fourth-order valence-electron chi connectivity index (χ4n) is 3.92. The Morgan fingerprint density at radius 3 is 2.71 bits per heavy atom. The van der Waals surface area contributed by atoms with Gasteiger partial charge in [0.05, 0.1) is 17.3 Å². The van der Waals surface area contributed by atoms with Gasteiger partial charge in [-0.3, -0.25) is 18.9 Å². The van der Waals surface area contributed by atoms with Gasteiger partial charge >= 0.3 is 5.69 Å². The molecule has 0 saturated carbocycles. The van der Waals surface area contributed by atoms with Crippen molar-refractivity contribution in [1.82, 2.24) is 14.1 Å². The number of nitrogens with zero attached hydrogens (tertiary/aromatic N) is 4. The first-order valence-electron chi connectivity index (χ1n) is 11.1. The topological polar surface area (TPSA) is 102 Å². The Morgan fingerprint density at radius 1 is 1.24 bits per heavy atom. The lowest BCUT2D eigenvalue weighted by Crippen LogP contribution is -2.43. The molecule has 1 aliphatic heterocycles. The largest absolute Gasteiger partial charge is 0.452 e. The molecule has 2 N–H and O–H groups in total. The minimum absolute atomic E-state index is 0.115. The molecular weight excluding hydrogens is 458 g/mol. The van der Waals surface area contributed by atoms with E-state index in [2.05, 4.69) is 24.1 Å². The smallest absolute Gasteiger partial charge is 0.332 e. The Balaban J connectivity index is 1.77. The van der Waals surface area contributed by atoms with E-state index < -0.39 is 17.6 Å². The van der Waals surface area contributed by atoms with E-state index in [1.54, 1.807) is 30.3 Å². The molecule has 4 rings (SSSR count). The molecule has 3 aromatic rings. The van der Waals surface area contributed by atoms with Crippen molar-refractivity contribution in [3.05, 3.63) is 79.7 Å². The number of nitrogens with one attached hydrogen (secondary N) is 1. The van der Waals surface area contributed by atoms with Crippen molar-refractivity contribution >= 4 is 23.1 Å². The van der Waals surface area contributed by atoms with Gasteiger partial charge in [-0.05, 0) is 42.2 Å². The molecule has 1 unspecified atom stereocenters. The second kappa shape index (κ2) is 9.90. The lowest BCUT2D eigenvalue weighted by atomic mass is 10.0. The highest BCUT2D eigenvalue weighted by Crippen LogP contribution is 2.33. The van der Waals surface area contributed by atoms with Crippen LogP contribution in [-0.2, 0) is 20.1 Å². The van der Waals surface area contributed by atoms with Crippen molar-refractivity contribution in [2.24, 2.45) is 7.05 Å². The van der Waals surface area contributed by atoms with Crippen LogP contribution in [0.25, 0.3) is 0 Å². The molecule has 0 radical (unpaired) electrons. The van der Waals surface area contributed by atoms with Crippen LogP contribution in [0, 0.1) is 0 Å². The van der Waals surface area contributed by atoms with Gasteiger partial charge in [-0.15, -0.1) is 0 Å². The van der Waals surface area contributed by atoms with Gasteiger partial charge in [-0.25, -0.2) is 4.79 Å². The van der Waals surface area contributed by atoms with E-state index in [1.165, 1.54) is 4.57 Å². The van der Waals surface area contributed by atoms with Gasteiger partial charge in [0, 0.05) is 26.4 Å². The number of rotatable bonds is 8. The van der Waals surface area contributed by atoms with Crippen LogP contribution in [0.1, 0.15) is 37.4 Å². The number of aromatic nitrogens is 3. The Hall–Kier alpha value is -3.30. The second-order valence-corrected chi connectivity index (χ2v) is 8.95. The summed E-state index contributed by atoms with van der Waals surface area (Å²) in [6.07, 6.45) is 1.09. The first kappa shape index (κ1) is 23.8. The van der Waals surface area contributed by atoms with E-state index in [0.717, 1.165) is 10.1 Å². The minimum Gasteiger partial charge on any atom is -0.452 e. The standard InChI is InChI=1S/C24H28ClN5O4/c1-15(2)16-6-4-7-19(12-16)34-23-27-21-20(30(23)14-18-9-8-17(25)13-26-18)22(32)29(10-5-11-31)24(33)28(21)3/h4,6-9,12-13,15,23,27,31H,5,10-11,14H2,1-3H3. The van der Waals surface area contributed by atoms with Crippen molar-refractivity contribution in [1.29, 1.82) is 0 Å². The maximum absolute atomic E-state index is 13.4. The van der Waals surface area contributed by atoms with E-state index in [1.807, 2.05) is 24.3 Å². The van der Waals surface area contributed by atoms with Gasteiger partial charge in [-0.2, -0.15) is 0 Å².